The first-order valence-electron chi connectivity index (χ1n) is 5.13. The number of nitrogen functional groups attached to an aromatic ring is 1. The summed E-state index contributed by atoms with van der Waals surface area (Å²) in [6.45, 7) is 0. The lowest BCUT2D eigenvalue weighted by Gasteiger charge is -2.06. The lowest BCUT2D eigenvalue weighted by atomic mass is 10.1. The fourth-order valence-corrected chi connectivity index (χ4v) is 3.42. The van der Waals surface area contributed by atoms with Gasteiger partial charge in [0.25, 0.3) is 0 Å². The second-order valence-electron chi connectivity index (χ2n) is 3.90. The average Bonchev–Trinajstić information content (AvgIpc) is 2.70. The van der Waals surface area contributed by atoms with Gasteiger partial charge in [0.2, 0.25) is 0 Å². The molecule has 0 fully saturated rings. The van der Waals surface area contributed by atoms with Gasteiger partial charge in [-0.2, -0.15) is 21.6 Å². The fraction of sp³-hybridized carbons (Fsp3) is 0.0909. The lowest BCUT2D eigenvalue weighted by Crippen LogP contribution is -2.03. The van der Waals surface area contributed by atoms with Gasteiger partial charge in [0, 0.05) is 4.88 Å². The monoisotopic (exact) mass is 323 g/mol. The van der Waals surface area contributed by atoms with Gasteiger partial charge in [0.1, 0.15) is 0 Å². The first-order chi connectivity index (χ1) is 9.09. The molecule has 0 saturated carbocycles. The standard InChI is InChI=1S/C11H8F3NO3S2/c12-11(13,14)7-3-1-6(2-4-7)9-5-8(15)10(19-9)20(16,17)18/h1-5H,15H2,(H,16,17,18). The maximum Gasteiger partial charge on any atom is 0.416 e. The van der Waals surface area contributed by atoms with E-state index in [1.165, 1.54) is 18.2 Å². The summed E-state index contributed by atoms with van der Waals surface area (Å²) < 4.78 is 67.8. The smallest absolute Gasteiger partial charge is 0.397 e. The molecule has 0 aliphatic rings. The maximum absolute atomic E-state index is 12.4. The molecule has 1 aromatic carbocycles. The van der Waals surface area contributed by atoms with E-state index in [9.17, 15) is 21.6 Å². The van der Waals surface area contributed by atoms with E-state index < -0.39 is 26.1 Å². The second-order valence-corrected chi connectivity index (χ2v) is 6.57. The Morgan fingerprint density at radius 2 is 1.70 bits per heavy atom. The van der Waals surface area contributed by atoms with Gasteiger partial charge in [0.05, 0.1) is 11.3 Å². The Bertz CT molecular complexity index is 733. The largest absolute Gasteiger partial charge is 0.416 e. The number of thiophene rings is 1. The van der Waals surface area contributed by atoms with Crippen molar-refractivity contribution >= 4 is 27.1 Å². The molecule has 0 aliphatic heterocycles. The van der Waals surface area contributed by atoms with Crippen molar-refractivity contribution in [1.82, 2.24) is 0 Å². The van der Waals surface area contributed by atoms with Crippen LogP contribution in [0.3, 0.4) is 0 Å². The van der Waals surface area contributed by atoms with Crippen LogP contribution in [-0.2, 0) is 16.3 Å². The summed E-state index contributed by atoms with van der Waals surface area (Å²) in [5.74, 6) is 0. The normalized spacial score (nSPS) is 12.6. The van der Waals surface area contributed by atoms with Gasteiger partial charge < -0.3 is 5.73 Å². The number of nitrogens with two attached hydrogens (primary N) is 1. The van der Waals surface area contributed by atoms with Gasteiger partial charge in [-0.05, 0) is 23.8 Å². The Hall–Kier alpha value is -1.58. The van der Waals surface area contributed by atoms with Crippen LogP contribution in [0.5, 0.6) is 0 Å². The molecule has 0 spiro atoms. The number of hydrogen-bond acceptors (Lipinski definition) is 4. The van der Waals surface area contributed by atoms with E-state index in [0.29, 0.717) is 21.8 Å². The number of anilines is 1. The molecule has 2 rings (SSSR count). The van der Waals surface area contributed by atoms with Crippen molar-refractivity contribution in [2.75, 3.05) is 5.73 Å². The van der Waals surface area contributed by atoms with E-state index in [4.69, 9.17) is 10.3 Å². The van der Waals surface area contributed by atoms with Crippen molar-refractivity contribution in [2.24, 2.45) is 0 Å². The highest BCUT2D eigenvalue weighted by Gasteiger charge is 2.30. The minimum atomic E-state index is -4.44. The molecule has 0 atom stereocenters. The number of hydrogen-bond donors (Lipinski definition) is 2. The van der Waals surface area contributed by atoms with Crippen LogP contribution in [0.25, 0.3) is 10.4 Å². The van der Waals surface area contributed by atoms with Crippen molar-refractivity contribution in [3.63, 3.8) is 0 Å². The minimum Gasteiger partial charge on any atom is -0.397 e. The van der Waals surface area contributed by atoms with Crippen LogP contribution in [-0.4, -0.2) is 13.0 Å². The number of alkyl halides is 3. The third-order valence-electron chi connectivity index (χ3n) is 2.46. The summed E-state index contributed by atoms with van der Waals surface area (Å²) in [5.41, 5.74) is 4.88. The number of rotatable bonds is 2. The van der Waals surface area contributed by atoms with Crippen LogP contribution >= 0.6 is 11.3 Å². The Morgan fingerprint density at radius 1 is 1.15 bits per heavy atom. The highest BCUT2D eigenvalue weighted by molar-refractivity contribution is 7.88. The van der Waals surface area contributed by atoms with Gasteiger partial charge in [-0.25, -0.2) is 0 Å². The SMILES string of the molecule is Nc1cc(-c2ccc(C(F)(F)F)cc2)sc1S(=O)(=O)O. The maximum atomic E-state index is 12.4. The van der Waals surface area contributed by atoms with Crippen LogP contribution in [0, 0.1) is 0 Å². The Balaban J connectivity index is 2.43. The van der Waals surface area contributed by atoms with Crippen molar-refractivity contribution in [2.45, 2.75) is 10.4 Å². The van der Waals surface area contributed by atoms with Crippen LogP contribution in [0.15, 0.2) is 34.5 Å². The van der Waals surface area contributed by atoms with E-state index in [1.807, 2.05) is 0 Å². The summed E-state index contributed by atoms with van der Waals surface area (Å²) >= 11 is 0.689. The van der Waals surface area contributed by atoms with Crippen molar-refractivity contribution in [3.05, 3.63) is 35.9 Å². The molecule has 0 aliphatic carbocycles. The third-order valence-corrected chi connectivity index (χ3v) is 5.04. The summed E-state index contributed by atoms with van der Waals surface area (Å²) in [6.07, 6.45) is -4.44. The molecular formula is C11H8F3NO3S2. The average molecular weight is 323 g/mol. The van der Waals surface area contributed by atoms with Gasteiger partial charge >= 0.3 is 16.3 Å². The molecule has 1 heterocycles. The molecule has 3 N–H and O–H groups in total. The zero-order chi connectivity index (χ0) is 15.1. The van der Waals surface area contributed by atoms with E-state index in [2.05, 4.69) is 0 Å². The molecule has 2 aromatic rings. The summed E-state index contributed by atoms with van der Waals surface area (Å²) in [5, 5.41) is 0. The summed E-state index contributed by atoms with van der Waals surface area (Å²) in [6, 6.07) is 5.48. The first kappa shape index (κ1) is 14.8. The van der Waals surface area contributed by atoms with E-state index >= 15 is 0 Å². The molecule has 0 bridgehead atoms. The van der Waals surface area contributed by atoms with Crippen LogP contribution in [0.4, 0.5) is 18.9 Å². The Labute approximate surface area is 116 Å². The molecule has 4 nitrogen and oxygen atoms in total. The zero-order valence-corrected chi connectivity index (χ0v) is 11.3. The van der Waals surface area contributed by atoms with Gasteiger partial charge in [0.15, 0.2) is 4.21 Å². The zero-order valence-electron chi connectivity index (χ0n) is 9.68. The predicted molar refractivity (Wildman–Crippen MR) is 69.0 cm³/mol. The summed E-state index contributed by atoms with van der Waals surface area (Å²) in [7, 11) is -4.44. The molecule has 0 radical (unpaired) electrons. The van der Waals surface area contributed by atoms with Crippen LogP contribution in [0.1, 0.15) is 5.56 Å². The van der Waals surface area contributed by atoms with Gasteiger partial charge in [-0.1, -0.05) is 12.1 Å². The second kappa shape index (κ2) is 4.76. The first-order valence-corrected chi connectivity index (χ1v) is 7.39. The van der Waals surface area contributed by atoms with Crippen molar-refractivity contribution in [1.29, 1.82) is 0 Å². The fourth-order valence-electron chi connectivity index (χ4n) is 1.56. The molecule has 9 heteroatoms. The quantitative estimate of drug-likeness (QED) is 0.831. The molecule has 0 amide bonds. The molecule has 0 unspecified atom stereocenters. The van der Waals surface area contributed by atoms with E-state index in [-0.39, 0.29) is 5.69 Å². The van der Waals surface area contributed by atoms with E-state index in [0.717, 1.165) is 12.1 Å². The van der Waals surface area contributed by atoms with Crippen LogP contribution in [0.2, 0.25) is 0 Å². The molecular weight excluding hydrogens is 315 g/mol. The number of benzene rings is 1. The van der Waals surface area contributed by atoms with E-state index in [1.54, 1.807) is 0 Å². The molecule has 20 heavy (non-hydrogen) atoms. The number of halogens is 3. The highest BCUT2D eigenvalue weighted by Crippen LogP contribution is 2.37. The van der Waals surface area contributed by atoms with Crippen molar-refractivity contribution in [3.8, 4) is 10.4 Å². The summed E-state index contributed by atoms with van der Waals surface area (Å²) in [4.78, 5) is 0.351. The lowest BCUT2D eigenvalue weighted by molar-refractivity contribution is -0.137. The minimum absolute atomic E-state index is 0.146. The van der Waals surface area contributed by atoms with Gasteiger partial charge in [-0.3, -0.25) is 4.55 Å². The molecule has 108 valence electrons. The van der Waals surface area contributed by atoms with Gasteiger partial charge in [-0.15, -0.1) is 11.3 Å². The van der Waals surface area contributed by atoms with Crippen LogP contribution < -0.4 is 5.73 Å². The highest BCUT2D eigenvalue weighted by atomic mass is 32.3. The Morgan fingerprint density at radius 3 is 2.10 bits per heavy atom. The topological polar surface area (TPSA) is 80.4 Å². The van der Waals surface area contributed by atoms with Crippen molar-refractivity contribution < 1.29 is 26.1 Å². The third kappa shape index (κ3) is 2.94. The molecule has 0 saturated heterocycles. The predicted octanol–water partition coefficient (Wildman–Crippen LogP) is 3.26. The molecule has 1 aromatic heterocycles. The Kier molecular flexibility index (Phi) is 3.53.